The predicted octanol–water partition coefficient (Wildman–Crippen LogP) is 2.78. The van der Waals surface area contributed by atoms with Crippen molar-refractivity contribution in [1.82, 2.24) is 0 Å². The largest absolute Gasteiger partial charge is 0.263 e. The van der Waals surface area contributed by atoms with Crippen LogP contribution in [0.15, 0.2) is 25.8 Å². The summed E-state index contributed by atoms with van der Waals surface area (Å²) < 4.78 is 29.8. The van der Waals surface area contributed by atoms with Gasteiger partial charge in [0, 0.05) is 0 Å². The highest BCUT2D eigenvalue weighted by Gasteiger charge is 1.65. The van der Waals surface area contributed by atoms with Crippen molar-refractivity contribution >= 4 is 0 Å². The highest BCUT2D eigenvalue weighted by Crippen LogP contribution is 1.85. The maximum absolute atomic E-state index is 10.1. The Kier molecular flexibility index (Phi) is 66.2. The Morgan fingerprint density at radius 3 is 1.12 bits per heavy atom. The van der Waals surface area contributed by atoms with Crippen molar-refractivity contribution in [1.29, 1.82) is 0 Å². The molecule has 0 aromatic rings. The molecule has 8 heavy (non-hydrogen) atoms. The van der Waals surface area contributed by atoms with Crippen LogP contribution in [-0.4, -0.2) is 7.18 Å². The zero-order valence-electron chi connectivity index (χ0n) is 4.76. The van der Waals surface area contributed by atoms with Crippen LogP contribution >= 0.6 is 0 Å². The maximum atomic E-state index is 10.1. The van der Waals surface area contributed by atoms with E-state index in [0.29, 0.717) is 7.18 Å². The Labute approximate surface area is 47.3 Å². The number of halogens is 3. The van der Waals surface area contributed by atoms with Crippen LogP contribution in [0.1, 0.15) is 0 Å². The Bertz CT molecular complexity index is 38.9. The van der Waals surface area contributed by atoms with Gasteiger partial charge in [-0.25, -0.2) is 0 Å². The molecule has 0 unspecified atom stereocenters. The van der Waals surface area contributed by atoms with E-state index in [4.69, 9.17) is 0 Å². The van der Waals surface area contributed by atoms with Gasteiger partial charge in [-0.05, 0) is 6.58 Å². The summed E-state index contributed by atoms with van der Waals surface area (Å²) in [5, 5.41) is 0. The Morgan fingerprint density at radius 2 is 1.12 bits per heavy atom. The highest BCUT2D eigenvalue weighted by atomic mass is 19.3. The minimum absolute atomic E-state index is 0.500. The quantitative estimate of drug-likeness (QED) is 0.438. The lowest BCUT2D eigenvalue weighted by atomic mass is 11.2. The molecular weight excluding hydrogens is 117 g/mol. The molecule has 0 aliphatic carbocycles. The molecule has 0 N–H and O–H groups in total. The van der Waals surface area contributed by atoms with Gasteiger partial charge in [0.15, 0.2) is 0 Å². The second kappa shape index (κ2) is 33.8. The van der Waals surface area contributed by atoms with Crippen LogP contribution in [0.3, 0.4) is 0 Å². The van der Waals surface area contributed by atoms with E-state index in [9.17, 15) is 13.2 Å². The highest BCUT2D eigenvalue weighted by molar-refractivity contribution is 4.57. The molecule has 0 aromatic heterocycles. The Morgan fingerprint density at radius 1 is 1.12 bits per heavy atom. The molecule has 0 aromatic carbocycles. The molecule has 50 valence electrons. The number of alkyl halides is 1. The van der Waals surface area contributed by atoms with Crippen LogP contribution in [0.4, 0.5) is 13.2 Å². The van der Waals surface area contributed by atoms with Gasteiger partial charge in [0.25, 0.3) is 6.08 Å². The summed E-state index contributed by atoms with van der Waals surface area (Å²) in [6.45, 7) is 8.22. The molecular formula is C5H9F3. The van der Waals surface area contributed by atoms with Gasteiger partial charge in [0.05, 0.1) is 7.18 Å². The van der Waals surface area contributed by atoms with Crippen LogP contribution in [0, 0.1) is 0 Å². The third kappa shape index (κ3) is 180. The molecule has 0 spiro atoms. The monoisotopic (exact) mass is 126 g/mol. The first-order chi connectivity index (χ1) is 3.73. The van der Waals surface area contributed by atoms with Gasteiger partial charge < -0.3 is 0 Å². The molecule has 0 fully saturated rings. The van der Waals surface area contributed by atoms with E-state index in [1.165, 1.54) is 0 Å². The van der Waals surface area contributed by atoms with Crippen molar-refractivity contribution < 1.29 is 13.2 Å². The molecule has 0 nitrogen and oxygen atoms in total. The van der Waals surface area contributed by atoms with Crippen molar-refractivity contribution in [3.8, 4) is 0 Å². The minimum atomic E-state index is -1.83. The zero-order valence-corrected chi connectivity index (χ0v) is 4.76. The van der Waals surface area contributed by atoms with E-state index < -0.39 is 6.08 Å². The lowest BCUT2D eigenvalue weighted by Crippen LogP contribution is -1.33. The van der Waals surface area contributed by atoms with Crippen molar-refractivity contribution in [2.75, 3.05) is 7.18 Å². The third-order valence-corrected chi connectivity index (χ3v) is 0. The fourth-order valence-corrected chi connectivity index (χ4v) is 0. The first-order valence-electron chi connectivity index (χ1n) is 1.61. The number of hydrogen-bond donors (Lipinski definition) is 0. The predicted molar refractivity (Wildman–Crippen MR) is 29.6 cm³/mol. The molecule has 0 atom stereocenters. The molecule has 0 bridgehead atoms. The summed E-state index contributed by atoms with van der Waals surface area (Å²) in [7, 11) is 0.500. The van der Waals surface area contributed by atoms with Gasteiger partial charge in [0.2, 0.25) is 0 Å². The first-order valence-corrected chi connectivity index (χ1v) is 1.61. The van der Waals surface area contributed by atoms with E-state index in [1.54, 1.807) is 0 Å². The summed E-state index contributed by atoms with van der Waals surface area (Å²) in [6, 6.07) is 0. The van der Waals surface area contributed by atoms with Gasteiger partial charge in [-0.2, -0.15) is 8.78 Å². The summed E-state index contributed by atoms with van der Waals surface area (Å²) in [4.78, 5) is 0. The van der Waals surface area contributed by atoms with Crippen molar-refractivity contribution in [2.24, 2.45) is 0 Å². The van der Waals surface area contributed by atoms with Crippen molar-refractivity contribution in [3.05, 3.63) is 25.8 Å². The molecule has 0 saturated heterocycles. The van der Waals surface area contributed by atoms with Crippen LogP contribution in [0.5, 0.6) is 0 Å². The zero-order chi connectivity index (χ0) is 7.58. The fraction of sp³-hybridized carbons (Fsp3) is 0.200. The van der Waals surface area contributed by atoms with Crippen molar-refractivity contribution in [3.63, 3.8) is 0 Å². The molecule has 0 rings (SSSR count). The molecule has 3 heteroatoms. The summed E-state index contributed by atoms with van der Waals surface area (Å²) in [5.41, 5.74) is 0. The van der Waals surface area contributed by atoms with Crippen LogP contribution in [0.25, 0.3) is 0 Å². The minimum Gasteiger partial charge on any atom is -0.255 e. The molecule has 0 radical (unpaired) electrons. The van der Waals surface area contributed by atoms with Crippen LogP contribution in [0.2, 0.25) is 0 Å². The number of hydrogen-bond acceptors (Lipinski definition) is 0. The molecule has 0 heterocycles. The average Bonchev–Trinajstić information content (AvgIpc) is 1.75. The van der Waals surface area contributed by atoms with Gasteiger partial charge in [-0.1, -0.05) is 0 Å². The van der Waals surface area contributed by atoms with Gasteiger partial charge in [0.1, 0.15) is 0 Å². The Hall–Kier alpha value is -0.730. The Balaban J connectivity index is -0.0000000542. The lowest BCUT2D eigenvalue weighted by Gasteiger charge is -1.54. The summed E-state index contributed by atoms with van der Waals surface area (Å²) in [5.74, 6) is 0. The lowest BCUT2D eigenvalue weighted by molar-refractivity contribution is 0.426. The summed E-state index contributed by atoms with van der Waals surface area (Å²) in [6.07, 6.45) is -1.83. The summed E-state index contributed by atoms with van der Waals surface area (Å²) >= 11 is 0. The maximum Gasteiger partial charge on any atom is 0.263 e. The SMILES string of the molecule is C=C.C=C(F)F.CF. The normalized spacial score (nSPS) is 4.50. The van der Waals surface area contributed by atoms with E-state index in [0.717, 1.165) is 0 Å². The van der Waals surface area contributed by atoms with Gasteiger partial charge in [-0.15, -0.1) is 13.2 Å². The second-order valence-electron chi connectivity index (χ2n) is 0.339. The van der Waals surface area contributed by atoms with Crippen LogP contribution in [-0.2, 0) is 0 Å². The standard InChI is InChI=1S/C2H2F2.C2H4.CH3F/c1-2(3)4;2*1-2/h1H2;1-2H2;1H3. The van der Waals surface area contributed by atoms with Gasteiger partial charge >= 0.3 is 0 Å². The van der Waals surface area contributed by atoms with E-state index in [1.807, 2.05) is 0 Å². The van der Waals surface area contributed by atoms with E-state index in [2.05, 4.69) is 19.7 Å². The number of rotatable bonds is 0. The molecule has 0 aliphatic rings. The molecule has 0 aliphatic heterocycles. The van der Waals surface area contributed by atoms with Crippen LogP contribution < -0.4 is 0 Å². The van der Waals surface area contributed by atoms with E-state index >= 15 is 0 Å². The van der Waals surface area contributed by atoms with Crippen molar-refractivity contribution in [2.45, 2.75) is 0 Å². The smallest absolute Gasteiger partial charge is 0.255 e. The molecule has 0 saturated carbocycles. The fourth-order valence-electron chi connectivity index (χ4n) is 0. The topological polar surface area (TPSA) is 0 Å². The molecule has 0 amide bonds. The average molecular weight is 126 g/mol. The first kappa shape index (κ1) is 15.7. The van der Waals surface area contributed by atoms with E-state index in [-0.39, 0.29) is 0 Å². The third-order valence-electron chi connectivity index (χ3n) is 0. The van der Waals surface area contributed by atoms with Gasteiger partial charge in [-0.3, -0.25) is 4.39 Å². The second-order valence-corrected chi connectivity index (χ2v) is 0.339.